The normalized spacial score (nSPS) is 10.3. The summed E-state index contributed by atoms with van der Waals surface area (Å²) in [7, 11) is 3.19. The van der Waals surface area contributed by atoms with E-state index in [1.165, 1.54) is 0 Å². The van der Waals surface area contributed by atoms with Gasteiger partial charge in [0.2, 0.25) is 0 Å². The Hall–Kier alpha value is -3.61. The number of nitrogens with one attached hydrogen (secondary N) is 2. The lowest BCUT2D eigenvalue weighted by molar-refractivity contribution is 0.0948. The van der Waals surface area contributed by atoms with E-state index < -0.39 is 0 Å². The van der Waals surface area contributed by atoms with Gasteiger partial charge in [-0.3, -0.25) is 4.79 Å². The average Bonchev–Trinajstić information content (AvgIpc) is 2.77. The molecule has 2 aromatic carbocycles. The summed E-state index contributed by atoms with van der Waals surface area (Å²) in [6.45, 7) is 2.58. The molecule has 7 nitrogen and oxygen atoms in total. The van der Waals surface area contributed by atoms with Crippen LogP contribution in [0.1, 0.15) is 23.8 Å². The molecular formula is C22H24N4O3. The fraction of sp³-hybridized carbons (Fsp3) is 0.227. The van der Waals surface area contributed by atoms with Crippen molar-refractivity contribution in [3.63, 3.8) is 0 Å². The van der Waals surface area contributed by atoms with Crippen LogP contribution in [0.2, 0.25) is 0 Å². The zero-order valence-corrected chi connectivity index (χ0v) is 16.7. The number of hydrogen-bond acceptors (Lipinski definition) is 6. The van der Waals surface area contributed by atoms with Gasteiger partial charge in [0.05, 0.1) is 19.9 Å². The van der Waals surface area contributed by atoms with Crippen molar-refractivity contribution in [1.82, 2.24) is 15.3 Å². The van der Waals surface area contributed by atoms with Gasteiger partial charge in [-0.15, -0.1) is 0 Å². The van der Waals surface area contributed by atoms with Crippen LogP contribution < -0.4 is 20.1 Å². The van der Waals surface area contributed by atoms with E-state index in [0.29, 0.717) is 35.4 Å². The summed E-state index contributed by atoms with van der Waals surface area (Å²) in [6.07, 6.45) is 0.842. The number of aromatic nitrogens is 2. The van der Waals surface area contributed by atoms with Crippen LogP contribution in [0.15, 0.2) is 54.6 Å². The molecule has 0 bridgehead atoms. The molecule has 0 atom stereocenters. The van der Waals surface area contributed by atoms with Crippen LogP contribution in [-0.2, 0) is 0 Å². The standard InChI is InChI=1S/C22H24N4O3/c1-4-12-23-22(27)18-14-20(26-21(25-18)15-8-6-5-7-9-15)24-17-13-16(28-2)10-11-19(17)29-3/h5-11,13-14H,4,12H2,1-3H3,(H,23,27)(H,24,25,26). The molecule has 3 rings (SSSR count). The van der Waals surface area contributed by atoms with Gasteiger partial charge in [0.1, 0.15) is 23.0 Å². The van der Waals surface area contributed by atoms with E-state index in [2.05, 4.69) is 20.6 Å². The number of methoxy groups -OCH3 is 2. The molecule has 0 spiro atoms. The lowest BCUT2D eigenvalue weighted by Gasteiger charge is -2.14. The minimum absolute atomic E-state index is 0.243. The van der Waals surface area contributed by atoms with E-state index in [9.17, 15) is 4.79 Å². The molecule has 1 aromatic heterocycles. The second kappa shape index (κ2) is 9.54. The van der Waals surface area contributed by atoms with E-state index in [4.69, 9.17) is 9.47 Å². The number of ether oxygens (including phenoxy) is 2. The Morgan fingerprint density at radius 2 is 1.79 bits per heavy atom. The summed E-state index contributed by atoms with van der Waals surface area (Å²) in [4.78, 5) is 21.6. The SMILES string of the molecule is CCCNC(=O)c1cc(Nc2cc(OC)ccc2OC)nc(-c2ccccc2)n1. The third-order valence-electron chi connectivity index (χ3n) is 4.20. The largest absolute Gasteiger partial charge is 0.497 e. The first kappa shape index (κ1) is 20.1. The number of rotatable bonds is 8. The molecule has 3 aromatic rings. The molecule has 29 heavy (non-hydrogen) atoms. The Morgan fingerprint density at radius 3 is 2.48 bits per heavy atom. The Labute approximate surface area is 170 Å². The monoisotopic (exact) mass is 392 g/mol. The Morgan fingerprint density at radius 1 is 1.00 bits per heavy atom. The second-order valence-electron chi connectivity index (χ2n) is 6.28. The summed E-state index contributed by atoms with van der Waals surface area (Å²) in [6, 6.07) is 16.6. The maximum atomic E-state index is 12.5. The number of anilines is 2. The second-order valence-corrected chi connectivity index (χ2v) is 6.28. The average molecular weight is 392 g/mol. The van der Waals surface area contributed by atoms with Crippen LogP contribution in [0.3, 0.4) is 0 Å². The smallest absolute Gasteiger partial charge is 0.270 e. The fourth-order valence-electron chi connectivity index (χ4n) is 2.72. The Bertz CT molecular complexity index is 977. The van der Waals surface area contributed by atoms with Gasteiger partial charge < -0.3 is 20.1 Å². The molecule has 2 N–H and O–H groups in total. The summed E-state index contributed by atoms with van der Waals surface area (Å²) in [5.41, 5.74) is 1.78. The lowest BCUT2D eigenvalue weighted by atomic mass is 10.2. The van der Waals surface area contributed by atoms with Gasteiger partial charge >= 0.3 is 0 Å². The zero-order valence-electron chi connectivity index (χ0n) is 16.7. The molecular weight excluding hydrogens is 368 g/mol. The Kier molecular flexibility index (Phi) is 6.63. The number of amides is 1. The first-order valence-corrected chi connectivity index (χ1v) is 9.36. The molecule has 0 unspecified atom stereocenters. The number of hydrogen-bond donors (Lipinski definition) is 2. The van der Waals surface area contributed by atoms with Crippen LogP contribution in [-0.4, -0.2) is 36.6 Å². The van der Waals surface area contributed by atoms with Crippen molar-refractivity contribution in [2.45, 2.75) is 13.3 Å². The molecule has 0 fully saturated rings. The quantitative estimate of drug-likeness (QED) is 0.602. The first-order valence-electron chi connectivity index (χ1n) is 9.36. The molecule has 150 valence electrons. The van der Waals surface area contributed by atoms with Crippen molar-refractivity contribution >= 4 is 17.4 Å². The number of benzene rings is 2. The highest BCUT2D eigenvalue weighted by atomic mass is 16.5. The summed E-state index contributed by atoms with van der Waals surface area (Å²) in [5, 5.41) is 6.08. The highest BCUT2D eigenvalue weighted by Gasteiger charge is 2.14. The first-order chi connectivity index (χ1) is 14.1. The Balaban J connectivity index is 2.02. The van der Waals surface area contributed by atoms with Crippen molar-refractivity contribution in [2.24, 2.45) is 0 Å². The van der Waals surface area contributed by atoms with Crippen molar-refractivity contribution in [3.05, 3.63) is 60.3 Å². The summed E-state index contributed by atoms with van der Waals surface area (Å²) < 4.78 is 10.7. The molecule has 7 heteroatoms. The topological polar surface area (TPSA) is 85.4 Å². The van der Waals surface area contributed by atoms with E-state index >= 15 is 0 Å². The zero-order chi connectivity index (χ0) is 20.6. The number of nitrogens with zero attached hydrogens (tertiary/aromatic N) is 2. The van der Waals surface area contributed by atoms with E-state index in [1.807, 2.05) is 43.3 Å². The third-order valence-corrected chi connectivity index (χ3v) is 4.20. The molecule has 1 amide bonds. The minimum atomic E-state index is -0.243. The van der Waals surface area contributed by atoms with Crippen LogP contribution in [0.4, 0.5) is 11.5 Å². The molecule has 0 aliphatic heterocycles. The van der Waals surface area contributed by atoms with E-state index in [1.54, 1.807) is 32.4 Å². The van der Waals surface area contributed by atoms with Gasteiger partial charge in [-0.2, -0.15) is 0 Å². The van der Waals surface area contributed by atoms with Gasteiger partial charge in [-0.05, 0) is 18.6 Å². The van der Waals surface area contributed by atoms with Crippen molar-refractivity contribution in [3.8, 4) is 22.9 Å². The molecule has 0 saturated carbocycles. The predicted molar refractivity (Wildman–Crippen MR) is 113 cm³/mol. The molecule has 1 heterocycles. The third kappa shape index (κ3) is 5.01. The van der Waals surface area contributed by atoms with Crippen LogP contribution in [0, 0.1) is 0 Å². The van der Waals surface area contributed by atoms with Gasteiger partial charge in [-0.25, -0.2) is 9.97 Å². The lowest BCUT2D eigenvalue weighted by Crippen LogP contribution is -2.25. The fourth-order valence-corrected chi connectivity index (χ4v) is 2.72. The summed E-state index contributed by atoms with van der Waals surface area (Å²) in [5.74, 6) is 1.99. The van der Waals surface area contributed by atoms with Crippen molar-refractivity contribution in [1.29, 1.82) is 0 Å². The van der Waals surface area contributed by atoms with Crippen LogP contribution in [0.25, 0.3) is 11.4 Å². The van der Waals surface area contributed by atoms with Gasteiger partial charge in [0.25, 0.3) is 5.91 Å². The van der Waals surface area contributed by atoms with Crippen LogP contribution >= 0.6 is 0 Å². The van der Waals surface area contributed by atoms with E-state index in [-0.39, 0.29) is 11.6 Å². The molecule has 0 radical (unpaired) electrons. The number of carbonyl (C=O) groups excluding carboxylic acids is 1. The van der Waals surface area contributed by atoms with Gasteiger partial charge in [0, 0.05) is 24.2 Å². The maximum Gasteiger partial charge on any atom is 0.270 e. The van der Waals surface area contributed by atoms with Crippen molar-refractivity contribution in [2.75, 3.05) is 26.1 Å². The molecule has 0 aliphatic rings. The van der Waals surface area contributed by atoms with Crippen LogP contribution in [0.5, 0.6) is 11.5 Å². The van der Waals surface area contributed by atoms with Gasteiger partial charge in [0.15, 0.2) is 5.82 Å². The maximum absolute atomic E-state index is 12.5. The minimum Gasteiger partial charge on any atom is -0.497 e. The number of carbonyl (C=O) groups is 1. The predicted octanol–water partition coefficient (Wildman–Crippen LogP) is 4.04. The summed E-state index contributed by atoms with van der Waals surface area (Å²) >= 11 is 0. The van der Waals surface area contributed by atoms with E-state index in [0.717, 1.165) is 12.0 Å². The highest BCUT2D eigenvalue weighted by molar-refractivity contribution is 5.93. The van der Waals surface area contributed by atoms with Gasteiger partial charge in [-0.1, -0.05) is 37.3 Å². The van der Waals surface area contributed by atoms with Crippen molar-refractivity contribution < 1.29 is 14.3 Å². The molecule has 0 saturated heterocycles. The molecule has 0 aliphatic carbocycles. The highest BCUT2D eigenvalue weighted by Crippen LogP contribution is 2.31.